The van der Waals surface area contributed by atoms with Gasteiger partial charge < -0.3 is 39.9 Å². The van der Waals surface area contributed by atoms with Crippen LogP contribution in [0.25, 0.3) is 0 Å². The van der Waals surface area contributed by atoms with Crippen molar-refractivity contribution in [2.45, 2.75) is 179 Å². The number of carbonyl (C=O) groups is 2. The predicted octanol–water partition coefficient (Wildman–Crippen LogP) is 8.02. The van der Waals surface area contributed by atoms with Gasteiger partial charge in [0.05, 0.1) is 38.1 Å². The Labute approximate surface area is 348 Å². The number of esters is 2. The second kappa shape index (κ2) is 38.7. The molecule has 0 aliphatic heterocycles. The monoisotopic (exact) mass is 845 g/mol. The molecule has 0 aliphatic rings. The topological polar surface area (TPSA) is 210 Å². The van der Waals surface area contributed by atoms with Crippen molar-refractivity contribution in [2.24, 2.45) is 0 Å². The van der Waals surface area contributed by atoms with E-state index in [4.69, 9.17) is 19.1 Å². The molecule has 14 heteroatoms. The van der Waals surface area contributed by atoms with Crippen molar-refractivity contribution in [1.82, 2.24) is 0 Å². The van der Waals surface area contributed by atoms with Crippen LogP contribution < -0.4 is 0 Å². The highest BCUT2D eigenvalue weighted by Gasteiger charge is 2.27. The maximum atomic E-state index is 12.6. The number of rotatable bonds is 39. The summed E-state index contributed by atoms with van der Waals surface area (Å²) >= 11 is 0. The number of phosphoric acid groups is 1. The maximum Gasteiger partial charge on any atom is 0.472 e. The highest BCUT2D eigenvalue weighted by Crippen LogP contribution is 2.43. The third-order valence-corrected chi connectivity index (χ3v) is 9.98. The summed E-state index contributed by atoms with van der Waals surface area (Å²) in [5.74, 6) is -1.26. The van der Waals surface area contributed by atoms with Crippen LogP contribution in [0, 0.1) is 0 Å². The molecule has 0 radical (unpaired) electrons. The van der Waals surface area contributed by atoms with Gasteiger partial charge in [0.25, 0.3) is 0 Å². The Morgan fingerprint density at radius 3 is 1.71 bits per heavy atom. The molecular formula is C44H77O13P. The van der Waals surface area contributed by atoms with Gasteiger partial charge in [0, 0.05) is 12.8 Å². The number of carbonyl (C=O) groups excluding carboxylic acids is 2. The fourth-order valence-electron chi connectivity index (χ4n) is 5.57. The third kappa shape index (κ3) is 36.6. The predicted molar refractivity (Wildman–Crippen MR) is 228 cm³/mol. The first-order chi connectivity index (χ1) is 27.9. The summed E-state index contributed by atoms with van der Waals surface area (Å²) < 4.78 is 32.4. The molecule has 0 rings (SSSR count). The first-order valence-electron chi connectivity index (χ1n) is 21.6. The highest BCUT2D eigenvalue weighted by atomic mass is 31.2. The maximum absolute atomic E-state index is 12.6. The van der Waals surface area contributed by atoms with Crippen molar-refractivity contribution < 1.29 is 63.1 Å². The fourth-order valence-corrected chi connectivity index (χ4v) is 6.36. The quantitative estimate of drug-likeness (QED) is 0.0114. The molecule has 0 amide bonds. The Balaban J connectivity index is 4.64. The van der Waals surface area contributed by atoms with Gasteiger partial charge >= 0.3 is 19.8 Å². The number of allylic oxidation sites excluding steroid dienone is 7. The Bertz CT molecular complexity index is 1200. The fraction of sp³-hybridized carbons (Fsp3) is 0.727. The van der Waals surface area contributed by atoms with Crippen LogP contribution in [-0.4, -0.2) is 99.3 Å². The number of unbranched alkanes of at least 4 members (excludes halogenated alkanes) is 14. The molecule has 0 aromatic heterocycles. The van der Waals surface area contributed by atoms with Crippen LogP contribution in [-0.2, 0) is 32.7 Å². The van der Waals surface area contributed by atoms with Crippen molar-refractivity contribution >= 4 is 19.8 Å². The summed E-state index contributed by atoms with van der Waals surface area (Å²) in [6.45, 7) is 1.78. The van der Waals surface area contributed by atoms with Crippen molar-refractivity contribution in [3.05, 3.63) is 60.8 Å². The average molecular weight is 845 g/mol. The lowest BCUT2D eigenvalue weighted by atomic mass is 10.0. The van der Waals surface area contributed by atoms with Gasteiger partial charge in [-0.05, 0) is 32.1 Å². The molecule has 0 heterocycles. The van der Waals surface area contributed by atoms with Gasteiger partial charge in [0.2, 0.25) is 0 Å². The molecule has 0 saturated heterocycles. The molecule has 336 valence electrons. The van der Waals surface area contributed by atoms with E-state index in [1.807, 2.05) is 19.1 Å². The summed E-state index contributed by atoms with van der Waals surface area (Å²) in [5, 5.41) is 48.7. The molecule has 6 N–H and O–H groups in total. The molecule has 0 fully saturated rings. The first-order valence-corrected chi connectivity index (χ1v) is 23.1. The van der Waals surface area contributed by atoms with E-state index in [2.05, 4.69) is 11.4 Å². The van der Waals surface area contributed by atoms with Crippen LogP contribution in [0.1, 0.15) is 149 Å². The van der Waals surface area contributed by atoms with Crippen molar-refractivity contribution in [3.8, 4) is 0 Å². The lowest BCUT2D eigenvalue weighted by Crippen LogP contribution is -2.30. The summed E-state index contributed by atoms with van der Waals surface area (Å²) in [4.78, 5) is 35.0. The Kier molecular flexibility index (Phi) is 37.1. The molecule has 1 unspecified atom stereocenters. The van der Waals surface area contributed by atoms with E-state index in [9.17, 15) is 39.5 Å². The standard InChI is InChI=1S/C44H77O13P/c1-3-5-7-8-9-10-11-12-13-14-15-16-17-22-26-32-43(50)54-36-40(37-56-58(52,53)55-35-39(47)34-45)57-44(51)33-27-31-42(49)41(48)30-25-21-19-18-20-24-29-38(46)28-23-6-4-2/h6,18-21,23-25,29-30,38-42,45-49H,3-5,7-17,22,26-28,31-37H2,1-2H3,(H,52,53)/b20-18+,21-19-,23-6-,29-24+,30-25-/t38-,39-,40+,41+,42+/m0/s1. The average Bonchev–Trinajstić information content (AvgIpc) is 3.20. The van der Waals surface area contributed by atoms with E-state index >= 15 is 0 Å². The third-order valence-electron chi connectivity index (χ3n) is 9.03. The van der Waals surface area contributed by atoms with E-state index in [-0.39, 0.29) is 25.7 Å². The molecule has 58 heavy (non-hydrogen) atoms. The zero-order chi connectivity index (χ0) is 43.1. The second-order valence-corrected chi connectivity index (χ2v) is 16.0. The number of phosphoric ester groups is 1. The van der Waals surface area contributed by atoms with E-state index in [0.717, 1.165) is 25.7 Å². The van der Waals surface area contributed by atoms with Gasteiger partial charge in [-0.3, -0.25) is 18.6 Å². The van der Waals surface area contributed by atoms with Crippen molar-refractivity contribution in [1.29, 1.82) is 0 Å². The van der Waals surface area contributed by atoms with Crippen LogP contribution >= 0.6 is 7.82 Å². The van der Waals surface area contributed by atoms with E-state index in [0.29, 0.717) is 12.8 Å². The number of aliphatic hydroxyl groups is 5. The van der Waals surface area contributed by atoms with Gasteiger partial charge in [-0.2, -0.15) is 0 Å². The molecule has 0 aromatic rings. The normalized spacial score (nSPS) is 16.1. The number of hydrogen-bond donors (Lipinski definition) is 6. The van der Waals surface area contributed by atoms with Crippen LogP contribution in [0.5, 0.6) is 0 Å². The van der Waals surface area contributed by atoms with E-state index in [1.54, 1.807) is 42.5 Å². The smallest absolute Gasteiger partial charge is 0.462 e. The van der Waals surface area contributed by atoms with Gasteiger partial charge in [-0.15, -0.1) is 0 Å². The molecule has 0 aliphatic carbocycles. The molecule has 0 bridgehead atoms. The molecule has 0 saturated carbocycles. The minimum atomic E-state index is -4.72. The summed E-state index contributed by atoms with van der Waals surface area (Å²) in [5.41, 5.74) is 0. The minimum Gasteiger partial charge on any atom is -0.462 e. The van der Waals surface area contributed by atoms with Gasteiger partial charge in [-0.25, -0.2) is 4.57 Å². The van der Waals surface area contributed by atoms with Crippen LogP contribution in [0.4, 0.5) is 0 Å². The van der Waals surface area contributed by atoms with E-state index in [1.165, 1.54) is 76.7 Å². The molecule has 6 atom stereocenters. The summed E-state index contributed by atoms with van der Waals surface area (Å²) in [7, 11) is -4.72. The SMILES string of the molecule is CC/C=C\C[C@H](O)/C=C/C=C/C=C\C=C/[C@@H](O)[C@H](O)CCCC(=O)O[C@H](COC(=O)CCCCCCCCCCCCCCCCC)COP(=O)(O)OC[C@@H](O)CO. The highest BCUT2D eigenvalue weighted by molar-refractivity contribution is 7.47. The summed E-state index contributed by atoms with van der Waals surface area (Å²) in [6.07, 6.45) is 31.3. The number of aliphatic hydroxyl groups excluding tert-OH is 5. The Hall–Kier alpha value is -2.45. The largest absolute Gasteiger partial charge is 0.472 e. The Morgan fingerprint density at radius 1 is 0.621 bits per heavy atom. The van der Waals surface area contributed by atoms with Crippen LogP contribution in [0.3, 0.4) is 0 Å². The zero-order valence-corrected chi connectivity index (χ0v) is 36.2. The van der Waals surface area contributed by atoms with Crippen LogP contribution in [0.15, 0.2) is 60.8 Å². The zero-order valence-electron chi connectivity index (χ0n) is 35.3. The molecule has 0 aromatic carbocycles. The molecule has 13 nitrogen and oxygen atoms in total. The minimum absolute atomic E-state index is 0.0626. The summed E-state index contributed by atoms with van der Waals surface area (Å²) in [6, 6.07) is 0. The lowest BCUT2D eigenvalue weighted by Gasteiger charge is -2.20. The number of ether oxygens (including phenoxy) is 2. The Morgan fingerprint density at radius 2 is 1.14 bits per heavy atom. The lowest BCUT2D eigenvalue weighted by molar-refractivity contribution is -0.161. The van der Waals surface area contributed by atoms with Crippen LogP contribution in [0.2, 0.25) is 0 Å². The van der Waals surface area contributed by atoms with E-state index < -0.39 is 76.7 Å². The van der Waals surface area contributed by atoms with Crippen molar-refractivity contribution in [2.75, 3.05) is 26.4 Å². The molecule has 0 spiro atoms. The van der Waals surface area contributed by atoms with Gasteiger partial charge in [0.15, 0.2) is 6.10 Å². The molecular weight excluding hydrogens is 767 g/mol. The first kappa shape index (κ1) is 55.5. The van der Waals surface area contributed by atoms with Crippen molar-refractivity contribution in [3.63, 3.8) is 0 Å². The van der Waals surface area contributed by atoms with Gasteiger partial charge in [0.1, 0.15) is 12.7 Å². The number of hydrogen-bond acceptors (Lipinski definition) is 12. The second-order valence-electron chi connectivity index (χ2n) is 14.6. The van der Waals surface area contributed by atoms with Gasteiger partial charge in [-0.1, -0.05) is 164 Å².